The summed E-state index contributed by atoms with van der Waals surface area (Å²) < 4.78 is 7.02. The van der Waals surface area contributed by atoms with Gasteiger partial charge in [0.2, 0.25) is 5.91 Å². The zero-order chi connectivity index (χ0) is 18.4. The molecule has 0 aliphatic rings. The van der Waals surface area contributed by atoms with Gasteiger partial charge in [0.05, 0.1) is 18.7 Å². The van der Waals surface area contributed by atoms with Crippen LogP contribution in [0.25, 0.3) is 10.9 Å². The van der Waals surface area contributed by atoms with E-state index < -0.39 is 6.04 Å². The molecule has 1 atom stereocenters. The van der Waals surface area contributed by atoms with Crippen LogP contribution in [0, 0.1) is 0 Å². The third-order valence-corrected chi connectivity index (χ3v) is 4.45. The summed E-state index contributed by atoms with van der Waals surface area (Å²) in [6.07, 6.45) is 5.19. The van der Waals surface area contributed by atoms with Crippen molar-refractivity contribution in [3.63, 3.8) is 0 Å². The van der Waals surface area contributed by atoms with Crippen molar-refractivity contribution in [2.24, 2.45) is 11.5 Å². The van der Waals surface area contributed by atoms with Gasteiger partial charge >= 0.3 is 0 Å². The summed E-state index contributed by atoms with van der Waals surface area (Å²) in [5.74, 6) is 0.655. The molecule has 0 aliphatic heterocycles. The predicted octanol–water partition coefficient (Wildman–Crippen LogP) is 1.85. The first-order valence-corrected chi connectivity index (χ1v) is 8.80. The highest BCUT2D eigenvalue weighted by molar-refractivity contribution is 5.97. The number of hydrogen-bond donors (Lipinski definition) is 2. The first kappa shape index (κ1) is 19.4. The molecule has 1 aromatic carbocycles. The molecule has 1 heterocycles. The highest BCUT2D eigenvalue weighted by Gasteiger charge is 2.19. The normalized spacial score (nSPS) is 12.7. The van der Waals surface area contributed by atoms with Crippen molar-refractivity contribution in [1.82, 2.24) is 9.47 Å². The van der Waals surface area contributed by atoms with Crippen molar-refractivity contribution in [1.29, 1.82) is 0 Å². The Morgan fingerprint density at radius 2 is 2.08 bits per heavy atom. The molecule has 0 aliphatic carbocycles. The number of benzene rings is 1. The average molecular weight is 346 g/mol. The molecule has 25 heavy (non-hydrogen) atoms. The van der Waals surface area contributed by atoms with Crippen molar-refractivity contribution >= 4 is 16.8 Å². The monoisotopic (exact) mass is 346 g/mol. The number of ether oxygens (including phenoxy) is 1. The SMILES string of the molecule is COc1ccc2c(CCN(C)C)cn(C(=O)C(N)CCCCN)c2c1. The van der Waals surface area contributed by atoms with Crippen molar-refractivity contribution in [3.05, 3.63) is 30.0 Å². The van der Waals surface area contributed by atoms with E-state index in [0.29, 0.717) is 13.0 Å². The van der Waals surface area contributed by atoms with Crippen LogP contribution in [0.15, 0.2) is 24.4 Å². The molecule has 1 unspecified atom stereocenters. The van der Waals surface area contributed by atoms with Gasteiger partial charge in [0.1, 0.15) is 5.75 Å². The molecule has 4 N–H and O–H groups in total. The smallest absolute Gasteiger partial charge is 0.247 e. The second-order valence-corrected chi connectivity index (χ2v) is 6.69. The van der Waals surface area contributed by atoms with Crippen LogP contribution >= 0.6 is 0 Å². The molecule has 0 radical (unpaired) electrons. The Hall–Kier alpha value is -1.89. The van der Waals surface area contributed by atoms with Crippen molar-refractivity contribution in [3.8, 4) is 5.75 Å². The molecular weight excluding hydrogens is 316 g/mol. The van der Waals surface area contributed by atoms with E-state index in [0.717, 1.165) is 48.0 Å². The molecule has 6 heteroatoms. The van der Waals surface area contributed by atoms with E-state index in [-0.39, 0.29) is 5.91 Å². The number of aromatic nitrogens is 1. The number of carbonyl (C=O) groups excluding carboxylic acids is 1. The van der Waals surface area contributed by atoms with Crippen LogP contribution < -0.4 is 16.2 Å². The van der Waals surface area contributed by atoms with Gasteiger partial charge in [0.15, 0.2) is 0 Å². The molecule has 2 rings (SSSR count). The standard InChI is InChI=1S/C19H30N4O2/c1-22(2)11-9-14-13-23(19(24)17(21)6-4-5-10-20)18-12-15(25-3)7-8-16(14)18/h7-8,12-13,17H,4-6,9-11,20-21H2,1-3H3. The summed E-state index contributed by atoms with van der Waals surface area (Å²) in [5, 5.41) is 1.07. The molecule has 138 valence electrons. The fraction of sp³-hybridized carbons (Fsp3) is 0.526. The summed E-state index contributed by atoms with van der Waals surface area (Å²) in [6, 6.07) is 5.33. The van der Waals surface area contributed by atoms with E-state index >= 15 is 0 Å². The van der Waals surface area contributed by atoms with Gasteiger partial charge in [-0.2, -0.15) is 0 Å². The topological polar surface area (TPSA) is 86.5 Å². The molecule has 2 aromatic rings. The molecule has 0 spiro atoms. The Labute approximate surface area is 149 Å². The van der Waals surface area contributed by atoms with E-state index in [4.69, 9.17) is 16.2 Å². The number of nitrogens with two attached hydrogens (primary N) is 2. The maximum absolute atomic E-state index is 12.9. The Balaban J connectivity index is 2.34. The van der Waals surface area contributed by atoms with Gasteiger partial charge in [-0.15, -0.1) is 0 Å². The van der Waals surface area contributed by atoms with Crippen molar-refractivity contribution < 1.29 is 9.53 Å². The maximum Gasteiger partial charge on any atom is 0.247 e. The van der Waals surface area contributed by atoms with Crippen LogP contribution in [0.1, 0.15) is 29.6 Å². The molecule has 0 saturated carbocycles. The Kier molecular flexibility index (Phi) is 6.99. The van der Waals surface area contributed by atoms with E-state index in [9.17, 15) is 4.79 Å². The van der Waals surface area contributed by atoms with Crippen LogP contribution in [0.5, 0.6) is 5.75 Å². The van der Waals surface area contributed by atoms with E-state index in [2.05, 4.69) is 4.90 Å². The number of unbranched alkanes of at least 4 members (excludes halogenated alkanes) is 1. The largest absolute Gasteiger partial charge is 0.497 e. The predicted molar refractivity (Wildman–Crippen MR) is 102 cm³/mol. The summed E-state index contributed by atoms with van der Waals surface area (Å²) in [5.41, 5.74) is 13.7. The highest BCUT2D eigenvalue weighted by atomic mass is 16.5. The van der Waals surface area contributed by atoms with Gasteiger partial charge in [0.25, 0.3) is 0 Å². The third-order valence-electron chi connectivity index (χ3n) is 4.45. The maximum atomic E-state index is 12.9. The third kappa shape index (κ3) is 4.81. The molecule has 1 aromatic heterocycles. The van der Waals surface area contributed by atoms with Gasteiger partial charge in [-0.3, -0.25) is 9.36 Å². The second kappa shape index (κ2) is 8.99. The number of rotatable bonds is 9. The zero-order valence-electron chi connectivity index (χ0n) is 15.5. The van der Waals surface area contributed by atoms with E-state index in [1.165, 1.54) is 0 Å². The van der Waals surface area contributed by atoms with Crippen LogP contribution in [-0.4, -0.2) is 55.7 Å². The number of likely N-dealkylation sites (N-methyl/N-ethyl adjacent to an activating group) is 1. The van der Waals surface area contributed by atoms with E-state index in [1.54, 1.807) is 11.7 Å². The Bertz CT molecular complexity index is 709. The number of fused-ring (bicyclic) bond motifs is 1. The molecule has 6 nitrogen and oxygen atoms in total. The Morgan fingerprint density at radius 3 is 2.72 bits per heavy atom. The second-order valence-electron chi connectivity index (χ2n) is 6.69. The van der Waals surface area contributed by atoms with Gasteiger partial charge in [-0.1, -0.05) is 6.42 Å². The van der Waals surface area contributed by atoms with Gasteiger partial charge in [0, 0.05) is 24.2 Å². The highest BCUT2D eigenvalue weighted by Crippen LogP contribution is 2.27. The first-order valence-electron chi connectivity index (χ1n) is 8.80. The molecule has 0 bridgehead atoms. The lowest BCUT2D eigenvalue weighted by Crippen LogP contribution is -2.34. The lowest BCUT2D eigenvalue weighted by atomic mass is 10.1. The molecule has 0 fully saturated rings. The van der Waals surface area contributed by atoms with E-state index in [1.807, 2.05) is 38.5 Å². The lowest BCUT2D eigenvalue weighted by Gasteiger charge is -2.12. The van der Waals surface area contributed by atoms with Gasteiger partial charge in [-0.25, -0.2) is 0 Å². The number of carbonyl (C=O) groups is 1. The molecule has 0 saturated heterocycles. The first-order chi connectivity index (χ1) is 12.0. The van der Waals surface area contributed by atoms with Crippen LogP contribution in [-0.2, 0) is 6.42 Å². The minimum absolute atomic E-state index is 0.0774. The van der Waals surface area contributed by atoms with Gasteiger partial charge < -0.3 is 21.1 Å². The minimum Gasteiger partial charge on any atom is -0.497 e. The molecule has 0 amide bonds. The number of methoxy groups -OCH3 is 1. The lowest BCUT2D eigenvalue weighted by molar-refractivity contribution is 0.0879. The number of hydrogen-bond acceptors (Lipinski definition) is 5. The van der Waals surface area contributed by atoms with Crippen molar-refractivity contribution in [2.75, 3.05) is 34.3 Å². The number of nitrogens with zero attached hydrogens (tertiary/aromatic N) is 2. The summed E-state index contributed by atoms with van der Waals surface area (Å²) in [4.78, 5) is 15.0. The minimum atomic E-state index is -0.518. The Morgan fingerprint density at radius 1 is 1.32 bits per heavy atom. The van der Waals surface area contributed by atoms with Crippen LogP contribution in [0.4, 0.5) is 0 Å². The van der Waals surface area contributed by atoms with Gasteiger partial charge in [-0.05, 0) is 57.6 Å². The quantitative estimate of drug-likeness (QED) is 0.677. The average Bonchev–Trinajstić information content (AvgIpc) is 2.97. The fourth-order valence-electron chi connectivity index (χ4n) is 2.94. The summed E-state index contributed by atoms with van der Waals surface area (Å²) in [6.45, 7) is 1.54. The summed E-state index contributed by atoms with van der Waals surface area (Å²) >= 11 is 0. The molecular formula is C19H30N4O2. The zero-order valence-corrected chi connectivity index (χ0v) is 15.5. The van der Waals surface area contributed by atoms with Crippen LogP contribution in [0.2, 0.25) is 0 Å². The summed E-state index contributed by atoms with van der Waals surface area (Å²) in [7, 11) is 5.71. The fourth-order valence-corrected chi connectivity index (χ4v) is 2.94. The van der Waals surface area contributed by atoms with Crippen molar-refractivity contribution in [2.45, 2.75) is 31.7 Å². The van der Waals surface area contributed by atoms with Crippen LogP contribution in [0.3, 0.4) is 0 Å².